The number of carbonyl (C=O) groups is 1. The molecule has 8 heteroatoms. The molecule has 0 unspecified atom stereocenters. The Bertz CT molecular complexity index is 875. The van der Waals surface area contributed by atoms with Crippen LogP contribution in [0.3, 0.4) is 0 Å². The van der Waals surface area contributed by atoms with Gasteiger partial charge in [-0.1, -0.05) is 52.5 Å². The third-order valence-electron chi connectivity index (χ3n) is 3.05. The highest BCUT2D eigenvalue weighted by molar-refractivity contribution is 6.42. The fourth-order valence-electron chi connectivity index (χ4n) is 1.85. The number of nitrogens with one attached hydrogen (secondary N) is 2. The zero-order valence-corrected chi connectivity index (χ0v) is 15.6. The van der Waals surface area contributed by atoms with Crippen LogP contribution in [0.4, 0.5) is 10.5 Å². The van der Waals surface area contributed by atoms with Gasteiger partial charge in [0, 0.05) is 11.3 Å². The molecule has 0 aliphatic heterocycles. The van der Waals surface area contributed by atoms with Gasteiger partial charge in [-0.05, 0) is 42.0 Å². The van der Waals surface area contributed by atoms with Gasteiger partial charge in [0.05, 0.1) is 32.7 Å². The number of urea groups is 1. The van der Waals surface area contributed by atoms with Crippen LogP contribution in [0, 0.1) is 11.3 Å². The van der Waals surface area contributed by atoms with E-state index in [1.165, 1.54) is 6.07 Å². The van der Waals surface area contributed by atoms with Crippen molar-refractivity contribution < 1.29 is 4.79 Å². The Kier molecular flexibility index (Phi) is 6.98. The van der Waals surface area contributed by atoms with Gasteiger partial charge in [-0.2, -0.15) is 5.26 Å². The Balaban J connectivity index is 1.98. The van der Waals surface area contributed by atoms with Crippen molar-refractivity contribution in [3.63, 3.8) is 0 Å². The zero-order chi connectivity index (χ0) is 18.4. The second-order valence-electron chi connectivity index (χ2n) is 4.89. The van der Waals surface area contributed by atoms with Crippen molar-refractivity contribution in [2.45, 2.75) is 0 Å². The molecule has 0 radical (unpaired) electrons. The summed E-state index contributed by atoms with van der Waals surface area (Å²) in [4.78, 5) is 11.9. The molecule has 2 aromatic rings. The predicted octanol–water partition coefficient (Wildman–Crippen LogP) is 6.03. The number of amides is 2. The fraction of sp³-hybridized carbons (Fsp3) is 0.0588. The topological polar surface area (TPSA) is 64.9 Å². The van der Waals surface area contributed by atoms with E-state index in [1.54, 1.807) is 36.4 Å². The number of rotatable bonds is 4. The van der Waals surface area contributed by atoms with Crippen molar-refractivity contribution in [3.05, 3.63) is 67.6 Å². The van der Waals surface area contributed by atoms with E-state index in [0.717, 1.165) is 0 Å². The summed E-state index contributed by atoms with van der Waals surface area (Å²) in [5.74, 6) is 0. The second-order valence-corrected chi connectivity index (χ2v) is 6.52. The number of anilines is 1. The second kappa shape index (κ2) is 8.98. The van der Waals surface area contributed by atoms with E-state index in [2.05, 4.69) is 10.6 Å². The normalized spacial score (nSPS) is 10.9. The number of halogens is 4. The molecule has 2 rings (SSSR count). The average Bonchev–Trinajstić information content (AvgIpc) is 2.58. The van der Waals surface area contributed by atoms with Crippen molar-refractivity contribution in [2.24, 2.45) is 0 Å². The summed E-state index contributed by atoms with van der Waals surface area (Å²) in [6, 6.07) is 11.3. The van der Waals surface area contributed by atoms with Gasteiger partial charge in [0.1, 0.15) is 0 Å². The molecule has 0 aromatic heterocycles. The van der Waals surface area contributed by atoms with Gasteiger partial charge in [0.15, 0.2) is 0 Å². The molecule has 0 saturated heterocycles. The van der Waals surface area contributed by atoms with E-state index in [4.69, 9.17) is 46.4 Å². The van der Waals surface area contributed by atoms with Crippen molar-refractivity contribution in [3.8, 4) is 6.07 Å². The van der Waals surface area contributed by atoms with Crippen molar-refractivity contribution in [2.75, 3.05) is 11.9 Å². The minimum absolute atomic E-state index is 0.0455. The van der Waals surface area contributed by atoms with Gasteiger partial charge in [-0.25, -0.2) is 4.79 Å². The van der Waals surface area contributed by atoms with Gasteiger partial charge in [-0.3, -0.25) is 0 Å². The quantitative estimate of drug-likeness (QED) is 0.599. The van der Waals surface area contributed by atoms with Crippen molar-refractivity contribution >= 4 is 64.2 Å². The fourth-order valence-corrected chi connectivity index (χ4v) is 2.46. The molecule has 128 valence electrons. The summed E-state index contributed by atoms with van der Waals surface area (Å²) in [5, 5.41) is 15.9. The van der Waals surface area contributed by atoms with Crippen LogP contribution >= 0.6 is 46.4 Å². The van der Waals surface area contributed by atoms with Crippen LogP contribution < -0.4 is 10.6 Å². The lowest BCUT2D eigenvalue weighted by atomic mass is 10.1. The largest absolute Gasteiger partial charge is 0.333 e. The van der Waals surface area contributed by atoms with Crippen LogP contribution in [0.2, 0.25) is 20.1 Å². The standard InChI is InChI=1S/C17H11Cl4N3O/c18-13-3-1-10(6-15(13)20)5-11(8-22)9-23-17(25)24-12-2-4-14(19)16(21)7-12/h1-7H,9H2,(H2,23,24,25)/b11-5-. The van der Waals surface area contributed by atoms with Crippen LogP contribution in [0.1, 0.15) is 5.56 Å². The summed E-state index contributed by atoms with van der Waals surface area (Å²) in [5.41, 5.74) is 1.54. The Morgan fingerprint density at radius 3 is 2.24 bits per heavy atom. The number of hydrogen-bond acceptors (Lipinski definition) is 2. The highest BCUT2D eigenvalue weighted by Gasteiger charge is 2.06. The van der Waals surface area contributed by atoms with Gasteiger partial charge >= 0.3 is 6.03 Å². The Morgan fingerprint density at radius 1 is 1.00 bits per heavy atom. The molecular formula is C17H11Cl4N3O. The molecule has 0 saturated carbocycles. The predicted molar refractivity (Wildman–Crippen MR) is 104 cm³/mol. The van der Waals surface area contributed by atoms with E-state index in [9.17, 15) is 10.1 Å². The maximum atomic E-state index is 11.9. The van der Waals surface area contributed by atoms with Gasteiger partial charge < -0.3 is 10.6 Å². The molecule has 0 heterocycles. The van der Waals surface area contributed by atoms with Crippen molar-refractivity contribution in [1.29, 1.82) is 5.26 Å². The Hall–Kier alpha value is -1.90. The third kappa shape index (κ3) is 5.84. The minimum atomic E-state index is -0.478. The first-order valence-electron chi connectivity index (χ1n) is 6.94. The SMILES string of the molecule is N#C/C(=C/c1ccc(Cl)c(Cl)c1)CNC(=O)Nc1ccc(Cl)c(Cl)c1. The molecule has 0 aliphatic carbocycles. The molecule has 2 N–H and O–H groups in total. The number of nitriles is 1. The van der Waals surface area contributed by atoms with E-state index < -0.39 is 6.03 Å². The van der Waals surface area contributed by atoms with Crippen LogP contribution in [-0.2, 0) is 0 Å². The van der Waals surface area contributed by atoms with Gasteiger partial charge in [-0.15, -0.1) is 0 Å². The summed E-state index contributed by atoms with van der Waals surface area (Å²) in [6.07, 6.45) is 1.61. The van der Waals surface area contributed by atoms with Crippen LogP contribution in [0.5, 0.6) is 0 Å². The van der Waals surface area contributed by atoms with Crippen LogP contribution in [0.15, 0.2) is 42.0 Å². The summed E-state index contributed by atoms with van der Waals surface area (Å²) in [6.45, 7) is 0.0455. The Morgan fingerprint density at radius 2 is 1.64 bits per heavy atom. The van der Waals surface area contributed by atoms with Crippen LogP contribution in [-0.4, -0.2) is 12.6 Å². The molecule has 0 atom stereocenters. The summed E-state index contributed by atoms with van der Waals surface area (Å²) in [7, 11) is 0. The highest BCUT2D eigenvalue weighted by Crippen LogP contribution is 2.25. The smallest absolute Gasteiger partial charge is 0.319 e. The zero-order valence-electron chi connectivity index (χ0n) is 12.6. The lowest BCUT2D eigenvalue weighted by molar-refractivity contribution is 0.253. The first-order valence-corrected chi connectivity index (χ1v) is 8.46. The third-order valence-corrected chi connectivity index (χ3v) is 4.52. The first kappa shape index (κ1) is 19.4. The molecule has 0 spiro atoms. The van der Waals surface area contributed by atoms with Crippen LogP contribution in [0.25, 0.3) is 6.08 Å². The first-order chi connectivity index (χ1) is 11.9. The molecule has 25 heavy (non-hydrogen) atoms. The maximum absolute atomic E-state index is 11.9. The van der Waals surface area contributed by atoms with E-state index in [1.807, 2.05) is 6.07 Å². The molecule has 2 aromatic carbocycles. The summed E-state index contributed by atoms with van der Waals surface area (Å²) >= 11 is 23.5. The minimum Gasteiger partial charge on any atom is -0.333 e. The highest BCUT2D eigenvalue weighted by atomic mass is 35.5. The molecule has 0 bridgehead atoms. The van der Waals surface area contributed by atoms with E-state index >= 15 is 0 Å². The van der Waals surface area contributed by atoms with Gasteiger partial charge in [0.2, 0.25) is 0 Å². The molecular weight excluding hydrogens is 404 g/mol. The maximum Gasteiger partial charge on any atom is 0.319 e. The Labute approximate surface area is 164 Å². The van der Waals surface area contributed by atoms with Crippen molar-refractivity contribution in [1.82, 2.24) is 5.32 Å². The average molecular weight is 415 g/mol. The number of hydrogen-bond donors (Lipinski definition) is 2. The number of nitrogens with zero attached hydrogens (tertiary/aromatic N) is 1. The number of benzene rings is 2. The number of carbonyl (C=O) groups excluding carboxylic acids is 1. The lowest BCUT2D eigenvalue weighted by Crippen LogP contribution is -2.30. The molecule has 0 aliphatic rings. The lowest BCUT2D eigenvalue weighted by Gasteiger charge is -2.08. The molecule has 0 fully saturated rings. The van der Waals surface area contributed by atoms with E-state index in [-0.39, 0.29) is 6.54 Å². The van der Waals surface area contributed by atoms with Gasteiger partial charge in [0.25, 0.3) is 0 Å². The monoisotopic (exact) mass is 413 g/mol. The summed E-state index contributed by atoms with van der Waals surface area (Å²) < 4.78 is 0. The molecule has 2 amide bonds. The molecule has 4 nitrogen and oxygen atoms in total. The van der Waals surface area contributed by atoms with E-state index in [0.29, 0.717) is 36.9 Å².